The molecule has 0 saturated carbocycles. The van der Waals surface area contributed by atoms with Crippen molar-refractivity contribution in [2.45, 2.75) is 6.42 Å². The van der Waals surface area contributed by atoms with E-state index in [-0.39, 0.29) is 0 Å². The number of rotatable bonds is 2. The first kappa shape index (κ1) is 11.4. The highest BCUT2D eigenvalue weighted by Crippen LogP contribution is 2.24. The zero-order chi connectivity index (χ0) is 11.3. The largest absolute Gasteiger partial charge is 0.495 e. The fourth-order valence-corrected chi connectivity index (χ4v) is 1.32. The lowest BCUT2D eigenvalue weighted by molar-refractivity contribution is -0.130. The number of carbonyl (C=O) groups is 1. The maximum atomic E-state index is 10.1. The highest BCUT2D eigenvalue weighted by Gasteiger charge is 2.00. The molecule has 1 rings (SSSR count). The van der Waals surface area contributed by atoms with E-state index in [2.05, 4.69) is 5.92 Å². The van der Waals surface area contributed by atoms with E-state index >= 15 is 0 Å². The monoisotopic (exact) mass is 224 g/mol. The molecule has 1 aromatic carbocycles. The van der Waals surface area contributed by atoms with E-state index < -0.39 is 5.97 Å². The third-order valence-electron chi connectivity index (χ3n) is 1.70. The van der Waals surface area contributed by atoms with Crippen molar-refractivity contribution >= 4 is 17.6 Å². The highest BCUT2D eigenvalue weighted by atomic mass is 35.5. The van der Waals surface area contributed by atoms with Gasteiger partial charge in [0.15, 0.2) is 0 Å². The van der Waals surface area contributed by atoms with Crippen molar-refractivity contribution in [3.8, 4) is 17.6 Å². The summed E-state index contributed by atoms with van der Waals surface area (Å²) in [7, 11) is 1.53. The smallest absolute Gasteiger partial charge is 0.381 e. The number of ether oxygens (including phenoxy) is 1. The van der Waals surface area contributed by atoms with Gasteiger partial charge >= 0.3 is 5.97 Å². The molecular weight excluding hydrogens is 216 g/mol. The Bertz CT molecular complexity index is 429. The van der Waals surface area contributed by atoms with E-state index in [1.165, 1.54) is 7.11 Å². The second-order valence-electron chi connectivity index (χ2n) is 2.75. The van der Waals surface area contributed by atoms with Crippen LogP contribution in [0, 0.1) is 11.8 Å². The minimum absolute atomic E-state index is 0.357. The van der Waals surface area contributed by atoms with Crippen LogP contribution in [0.3, 0.4) is 0 Å². The maximum absolute atomic E-state index is 10.1. The van der Waals surface area contributed by atoms with Gasteiger partial charge in [-0.05, 0) is 17.7 Å². The summed E-state index contributed by atoms with van der Waals surface area (Å²) >= 11 is 5.88. The Labute approximate surface area is 92.6 Å². The van der Waals surface area contributed by atoms with Gasteiger partial charge in [-0.1, -0.05) is 23.6 Å². The van der Waals surface area contributed by atoms with E-state index in [1.54, 1.807) is 18.2 Å². The average molecular weight is 225 g/mol. The van der Waals surface area contributed by atoms with Crippen LogP contribution in [-0.2, 0) is 11.2 Å². The number of carboxylic acids is 1. The molecule has 0 heterocycles. The molecule has 0 fully saturated rings. The van der Waals surface area contributed by atoms with Gasteiger partial charge in [-0.25, -0.2) is 4.79 Å². The first-order valence-electron chi connectivity index (χ1n) is 4.17. The van der Waals surface area contributed by atoms with Gasteiger partial charge in [0.2, 0.25) is 0 Å². The molecule has 1 N–H and O–H groups in total. The number of carboxylic acid groups (broad SMARTS) is 1. The van der Waals surface area contributed by atoms with Gasteiger partial charge in [-0.2, -0.15) is 0 Å². The summed E-state index contributed by atoms with van der Waals surface area (Å²) in [6.07, 6.45) is 0.357. The normalized spacial score (nSPS) is 8.93. The van der Waals surface area contributed by atoms with Crippen molar-refractivity contribution in [3.63, 3.8) is 0 Å². The summed E-state index contributed by atoms with van der Waals surface area (Å²) in [6.45, 7) is 0. The van der Waals surface area contributed by atoms with Crippen LogP contribution in [0.4, 0.5) is 0 Å². The molecule has 3 nitrogen and oxygen atoms in total. The average Bonchev–Trinajstić information content (AvgIpc) is 2.17. The van der Waals surface area contributed by atoms with Crippen molar-refractivity contribution in [1.82, 2.24) is 0 Å². The number of benzene rings is 1. The van der Waals surface area contributed by atoms with E-state index in [0.717, 1.165) is 5.56 Å². The van der Waals surface area contributed by atoms with E-state index in [1.807, 2.05) is 5.92 Å². The van der Waals surface area contributed by atoms with Crippen molar-refractivity contribution in [2.24, 2.45) is 0 Å². The summed E-state index contributed by atoms with van der Waals surface area (Å²) in [5.74, 6) is 4.01. The summed E-state index contributed by atoms with van der Waals surface area (Å²) in [6, 6.07) is 5.22. The van der Waals surface area contributed by atoms with Gasteiger partial charge in [-0.15, -0.1) is 0 Å². The molecule has 0 aliphatic rings. The molecule has 0 radical (unpaired) electrons. The fraction of sp³-hybridized carbons (Fsp3) is 0.182. The third-order valence-corrected chi connectivity index (χ3v) is 2.00. The number of aliphatic carboxylic acids is 1. The van der Waals surface area contributed by atoms with Crippen molar-refractivity contribution in [2.75, 3.05) is 7.11 Å². The predicted molar refractivity (Wildman–Crippen MR) is 57.1 cm³/mol. The van der Waals surface area contributed by atoms with Crippen LogP contribution in [0.1, 0.15) is 5.56 Å². The summed E-state index contributed by atoms with van der Waals surface area (Å²) in [5, 5.41) is 8.80. The highest BCUT2D eigenvalue weighted by molar-refractivity contribution is 6.32. The summed E-state index contributed by atoms with van der Waals surface area (Å²) in [5.41, 5.74) is 0.856. The van der Waals surface area contributed by atoms with Gasteiger partial charge in [0.25, 0.3) is 0 Å². The molecule has 0 amide bonds. The second kappa shape index (κ2) is 5.28. The molecule has 15 heavy (non-hydrogen) atoms. The Morgan fingerprint density at radius 2 is 2.33 bits per heavy atom. The van der Waals surface area contributed by atoms with Gasteiger partial charge < -0.3 is 9.84 Å². The molecular formula is C11H9ClO3. The zero-order valence-electron chi connectivity index (χ0n) is 8.08. The van der Waals surface area contributed by atoms with Crippen molar-refractivity contribution < 1.29 is 14.6 Å². The van der Waals surface area contributed by atoms with Crippen LogP contribution in [0.2, 0.25) is 5.02 Å². The van der Waals surface area contributed by atoms with Crippen molar-refractivity contribution in [1.29, 1.82) is 0 Å². The Morgan fingerprint density at radius 1 is 1.60 bits per heavy atom. The lowest BCUT2D eigenvalue weighted by Crippen LogP contribution is -1.89. The van der Waals surface area contributed by atoms with Crippen LogP contribution in [-0.4, -0.2) is 18.2 Å². The van der Waals surface area contributed by atoms with Crippen LogP contribution in [0.15, 0.2) is 18.2 Å². The lowest BCUT2D eigenvalue weighted by atomic mass is 10.1. The van der Waals surface area contributed by atoms with Gasteiger partial charge in [-0.3, -0.25) is 0 Å². The minimum atomic E-state index is -1.13. The number of hydrogen-bond donors (Lipinski definition) is 1. The lowest BCUT2D eigenvalue weighted by Gasteiger charge is -2.03. The van der Waals surface area contributed by atoms with Crippen LogP contribution in [0.5, 0.6) is 5.75 Å². The van der Waals surface area contributed by atoms with E-state index in [9.17, 15) is 4.79 Å². The quantitative estimate of drug-likeness (QED) is 0.782. The van der Waals surface area contributed by atoms with Crippen LogP contribution < -0.4 is 4.74 Å². The first-order valence-corrected chi connectivity index (χ1v) is 4.55. The Kier molecular flexibility index (Phi) is 4.02. The zero-order valence-corrected chi connectivity index (χ0v) is 8.84. The predicted octanol–water partition coefficient (Wildman–Crippen LogP) is 1.98. The number of methoxy groups -OCH3 is 1. The molecule has 1 aromatic rings. The fourth-order valence-electron chi connectivity index (χ4n) is 1.04. The van der Waals surface area contributed by atoms with Crippen LogP contribution >= 0.6 is 11.6 Å². The minimum Gasteiger partial charge on any atom is -0.495 e. The second-order valence-corrected chi connectivity index (χ2v) is 3.16. The summed E-state index contributed by atoms with van der Waals surface area (Å²) < 4.78 is 4.98. The maximum Gasteiger partial charge on any atom is 0.381 e. The molecule has 0 aliphatic carbocycles. The van der Waals surface area contributed by atoms with Crippen molar-refractivity contribution in [3.05, 3.63) is 28.8 Å². The van der Waals surface area contributed by atoms with Gasteiger partial charge in [0.05, 0.1) is 12.1 Å². The standard InChI is InChI=1S/C11H9ClO3/c1-15-10-6-5-8(7-9(10)12)3-2-4-11(13)14/h5-7H,3H2,1H3,(H,13,14). The van der Waals surface area contributed by atoms with E-state index in [0.29, 0.717) is 17.2 Å². The van der Waals surface area contributed by atoms with Crippen LogP contribution in [0.25, 0.3) is 0 Å². The topological polar surface area (TPSA) is 46.5 Å². The molecule has 0 bridgehead atoms. The molecule has 78 valence electrons. The molecule has 0 aliphatic heterocycles. The molecule has 0 saturated heterocycles. The number of halogens is 1. The molecule has 0 spiro atoms. The molecule has 0 atom stereocenters. The van der Waals surface area contributed by atoms with E-state index in [4.69, 9.17) is 21.4 Å². The Balaban J connectivity index is 2.77. The first-order chi connectivity index (χ1) is 7.13. The van der Waals surface area contributed by atoms with Gasteiger partial charge in [0, 0.05) is 12.3 Å². The molecule has 4 heteroatoms. The third kappa shape index (κ3) is 3.53. The molecule has 0 unspecified atom stereocenters. The van der Waals surface area contributed by atoms with Gasteiger partial charge in [0.1, 0.15) is 5.75 Å². The Hall–Kier alpha value is -1.66. The summed E-state index contributed by atoms with van der Waals surface area (Å²) in [4.78, 5) is 10.1. The SMILES string of the molecule is COc1ccc(CC#CC(=O)O)cc1Cl. The number of hydrogen-bond acceptors (Lipinski definition) is 2. The molecule has 0 aromatic heterocycles. The Morgan fingerprint density at radius 3 is 2.87 bits per heavy atom.